The van der Waals surface area contributed by atoms with E-state index in [1.165, 1.54) is 5.56 Å². The van der Waals surface area contributed by atoms with Gasteiger partial charge in [-0.2, -0.15) is 0 Å². The van der Waals surface area contributed by atoms with E-state index >= 15 is 0 Å². The lowest BCUT2D eigenvalue weighted by molar-refractivity contribution is 0.128. The third-order valence-corrected chi connectivity index (χ3v) is 3.33. The van der Waals surface area contributed by atoms with Gasteiger partial charge in [0, 0.05) is 47.0 Å². The summed E-state index contributed by atoms with van der Waals surface area (Å²) in [5, 5.41) is 6.55. The average molecular weight is 449 g/mol. The SMILES string of the molecule is CN=C(NCCOCCC(C)C)NCc1ccnc(N(C)C)c1.I. The molecule has 0 amide bonds. The van der Waals surface area contributed by atoms with Gasteiger partial charge in [0.05, 0.1) is 6.61 Å². The molecule has 1 heterocycles. The summed E-state index contributed by atoms with van der Waals surface area (Å²) in [6, 6.07) is 4.07. The van der Waals surface area contributed by atoms with E-state index < -0.39 is 0 Å². The zero-order chi connectivity index (χ0) is 17.1. The number of halogens is 1. The first-order chi connectivity index (χ1) is 11.0. The Bertz CT molecular complexity index is 480. The summed E-state index contributed by atoms with van der Waals surface area (Å²) in [5.74, 6) is 2.41. The van der Waals surface area contributed by atoms with Gasteiger partial charge in [0.1, 0.15) is 5.82 Å². The predicted molar refractivity (Wildman–Crippen MR) is 112 cm³/mol. The minimum absolute atomic E-state index is 0. The van der Waals surface area contributed by atoms with Crippen LogP contribution in [0.5, 0.6) is 0 Å². The molecule has 0 radical (unpaired) electrons. The minimum Gasteiger partial charge on any atom is -0.380 e. The second-order valence-corrected chi connectivity index (χ2v) is 6.06. The van der Waals surface area contributed by atoms with Crippen LogP contribution in [0.1, 0.15) is 25.8 Å². The van der Waals surface area contributed by atoms with Crippen LogP contribution < -0.4 is 15.5 Å². The number of hydrogen-bond acceptors (Lipinski definition) is 4. The molecular formula is C17H32IN5O. The highest BCUT2D eigenvalue weighted by Gasteiger charge is 2.01. The number of rotatable bonds is 9. The maximum absolute atomic E-state index is 5.59. The Labute approximate surface area is 163 Å². The van der Waals surface area contributed by atoms with Crippen LogP contribution in [0.15, 0.2) is 23.3 Å². The molecule has 2 N–H and O–H groups in total. The summed E-state index contributed by atoms with van der Waals surface area (Å²) in [6.45, 7) is 7.36. The Morgan fingerprint density at radius 3 is 2.67 bits per heavy atom. The Morgan fingerprint density at radius 1 is 1.29 bits per heavy atom. The topological polar surface area (TPSA) is 61.8 Å². The molecule has 0 spiro atoms. The summed E-state index contributed by atoms with van der Waals surface area (Å²) in [5.41, 5.74) is 1.17. The minimum atomic E-state index is 0. The highest BCUT2D eigenvalue weighted by atomic mass is 127. The standard InChI is InChI=1S/C17H31N5O.HI/c1-14(2)7-10-23-11-9-20-17(18-3)21-13-15-6-8-19-16(12-15)22(4)5;/h6,8,12,14H,7,9-11,13H2,1-5H3,(H2,18,20,21);1H. The van der Waals surface area contributed by atoms with Gasteiger partial charge in [-0.1, -0.05) is 13.8 Å². The lowest BCUT2D eigenvalue weighted by Crippen LogP contribution is -2.38. The third-order valence-electron chi connectivity index (χ3n) is 3.33. The number of aliphatic imine (C=N–C) groups is 1. The monoisotopic (exact) mass is 449 g/mol. The van der Waals surface area contributed by atoms with E-state index in [0.717, 1.165) is 31.3 Å². The van der Waals surface area contributed by atoms with Gasteiger partial charge >= 0.3 is 0 Å². The molecule has 0 bridgehead atoms. The summed E-state index contributed by atoms with van der Waals surface area (Å²) >= 11 is 0. The lowest BCUT2D eigenvalue weighted by atomic mass is 10.1. The number of aromatic nitrogens is 1. The Morgan fingerprint density at radius 2 is 2.04 bits per heavy atom. The number of anilines is 1. The molecule has 6 nitrogen and oxygen atoms in total. The molecule has 0 saturated carbocycles. The molecule has 0 atom stereocenters. The summed E-state index contributed by atoms with van der Waals surface area (Å²) < 4.78 is 5.59. The molecule has 1 rings (SSSR count). The smallest absolute Gasteiger partial charge is 0.191 e. The Hall–Kier alpha value is -1.09. The van der Waals surface area contributed by atoms with E-state index in [2.05, 4.69) is 40.5 Å². The van der Waals surface area contributed by atoms with Crippen LogP contribution in [-0.2, 0) is 11.3 Å². The second kappa shape index (κ2) is 13.2. The fourth-order valence-corrected chi connectivity index (χ4v) is 1.88. The highest BCUT2D eigenvalue weighted by Crippen LogP contribution is 2.09. The third kappa shape index (κ3) is 9.92. The molecule has 0 saturated heterocycles. The van der Waals surface area contributed by atoms with Crippen LogP contribution >= 0.6 is 24.0 Å². The molecule has 1 aromatic heterocycles. The molecule has 138 valence electrons. The first kappa shape index (κ1) is 22.9. The van der Waals surface area contributed by atoms with E-state index in [4.69, 9.17) is 4.74 Å². The Balaban J connectivity index is 0.00000529. The number of guanidine groups is 1. The van der Waals surface area contributed by atoms with Crippen molar-refractivity contribution in [1.82, 2.24) is 15.6 Å². The van der Waals surface area contributed by atoms with Crippen molar-refractivity contribution in [3.63, 3.8) is 0 Å². The molecule has 0 aliphatic carbocycles. The molecule has 0 fully saturated rings. The van der Waals surface area contributed by atoms with Crippen molar-refractivity contribution in [2.24, 2.45) is 10.9 Å². The number of ether oxygens (including phenoxy) is 1. The van der Waals surface area contributed by atoms with Gasteiger partial charge in [0.25, 0.3) is 0 Å². The van der Waals surface area contributed by atoms with Crippen molar-refractivity contribution in [3.8, 4) is 0 Å². The zero-order valence-corrected chi connectivity index (χ0v) is 17.8. The van der Waals surface area contributed by atoms with Crippen molar-refractivity contribution in [3.05, 3.63) is 23.9 Å². The van der Waals surface area contributed by atoms with E-state index in [0.29, 0.717) is 19.1 Å². The number of pyridine rings is 1. The van der Waals surface area contributed by atoms with Gasteiger partial charge in [0.15, 0.2) is 5.96 Å². The molecule has 7 heteroatoms. The highest BCUT2D eigenvalue weighted by molar-refractivity contribution is 14.0. The fraction of sp³-hybridized carbons (Fsp3) is 0.647. The van der Waals surface area contributed by atoms with Gasteiger partial charge < -0.3 is 20.3 Å². The van der Waals surface area contributed by atoms with Gasteiger partial charge in [-0.3, -0.25) is 4.99 Å². The summed E-state index contributed by atoms with van der Waals surface area (Å²) in [7, 11) is 5.74. The van der Waals surface area contributed by atoms with Crippen LogP contribution in [-0.4, -0.2) is 51.8 Å². The van der Waals surface area contributed by atoms with Gasteiger partial charge in [-0.15, -0.1) is 24.0 Å². The number of nitrogens with zero attached hydrogens (tertiary/aromatic N) is 3. The normalized spacial score (nSPS) is 11.2. The van der Waals surface area contributed by atoms with Gasteiger partial charge in [-0.25, -0.2) is 4.98 Å². The molecule has 0 aliphatic rings. The van der Waals surface area contributed by atoms with Gasteiger partial charge in [0.2, 0.25) is 0 Å². The predicted octanol–water partition coefficient (Wildman–Crippen LogP) is 2.49. The van der Waals surface area contributed by atoms with E-state index in [1.54, 1.807) is 7.05 Å². The van der Waals surface area contributed by atoms with E-state index in [9.17, 15) is 0 Å². The molecule has 0 aliphatic heterocycles. The van der Waals surface area contributed by atoms with Crippen molar-refractivity contribution < 1.29 is 4.74 Å². The molecule has 24 heavy (non-hydrogen) atoms. The number of hydrogen-bond donors (Lipinski definition) is 2. The molecule has 1 aromatic rings. The fourth-order valence-electron chi connectivity index (χ4n) is 1.88. The zero-order valence-electron chi connectivity index (χ0n) is 15.5. The molecule has 0 unspecified atom stereocenters. The van der Waals surface area contributed by atoms with Crippen molar-refractivity contribution in [1.29, 1.82) is 0 Å². The van der Waals surface area contributed by atoms with Crippen LogP contribution in [0.25, 0.3) is 0 Å². The van der Waals surface area contributed by atoms with Crippen molar-refractivity contribution in [2.75, 3.05) is 45.8 Å². The average Bonchev–Trinajstić information content (AvgIpc) is 2.53. The first-order valence-electron chi connectivity index (χ1n) is 8.17. The lowest BCUT2D eigenvalue weighted by Gasteiger charge is -2.14. The first-order valence-corrected chi connectivity index (χ1v) is 8.17. The van der Waals surface area contributed by atoms with Crippen LogP contribution in [0.4, 0.5) is 5.82 Å². The summed E-state index contributed by atoms with van der Waals surface area (Å²) in [4.78, 5) is 10.5. The van der Waals surface area contributed by atoms with Crippen molar-refractivity contribution >= 4 is 35.8 Å². The quantitative estimate of drug-likeness (QED) is 0.263. The second-order valence-electron chi connectivity index (χ2n) is 6.06. The van der Waals surface area contributed by atoms with Crippen molar-refractivity contribution in [2.45, 2.75) is 26.8 Å². The maximum atomic E-state index is 5.59. The molecular weight excluding hydrogens is 417 g/mol. The van der Waals surface area contributed by atoms with E-state index in [1.807, 2.05) is 31.3 Å². The van der Waals surface area contributed by atoms with Gasteiger partial charge in [-0.05, 0) is 30.0 Å². The van der Waals surface area contributed by atoms with Crippen LogP contribution in [0, 0.1) is 5.92 Å². The number of nitrogens with one attached hydrogen (secondary N) is 2. The maximum Gasteiger partial charge on any atom is 0.191 e. The molecule has 0 aromatic carbocycles. The van der Waals surface area contributed by atoms with Crippen LogP contribution in [0.3, 0.4) is 0 Å². The summed E-state index contributed by atoms with van der Waals surface area (Å²) in [6.07, 6.45) is 2.92. The largest absolute Gasteiger partial charge is 0.380 e. The Kier molecular flexibility index (Phi) is 12.6. The van der Waals surface area contributed by atoms with Crippen LogP contribution in [0.2, 0.25) is 0 Å². The van der Waals surface area contributed by atoms with E-state index in [-0.39, 0.29) is 24.0 Å².